The maximum atomic E-state index is 15.0. The Morgan fingerprint density at radius 3 is 1.13 bits per heavy atom. The Kier molecular flexibility index (Phi) is 3.75. The van der Waals surface area contributed by atoms with E-state index in [4.69, 9.17) is 0 Å². The molecule has 0 saturated heterocycles. The summed E-state index contributed by atoms with van der Waals surface area (Å²) in [5, 5.41) is 4.70. The lowest BCUT2D eigenvalue weighted by Crippen LogP contribution is -2.20. The minimum absolute atomic E-state index is 0.762. The monoisotopic (exact) mass is 424 g/mol. The van der Waals surface area contributed by atoms with E-state index in [0.29, 0.717) is 0 Å². The van der Waals surface area contributed by atoms with Gasteiger partial charge in [0, 0.05) is 31.8 Å². The molecule has 6 rings (SSSR count). The van der Waals surface area contributed by atoms with Gasteiger partial charge in [0.1, 0.15) is 0 Å². The van der Waals surface area contributed by atoms with Gasteiger partial charge in [-0.1, -0.05) is 109 Å². The lowest BCUT2D eigenvalue weighted by molar-refractivity contribution is 0.592. The number of hydrogen-bond acceptors (Lipinski definition) is 2. The van der Waals surface area contributed by atoms with Gasteiger partial charge in [0.2, 0.25) is 0 Å². The molecule has 2 atom stereocenters. The molecule has 30 heavy (non-hydrogen) atoms. The minimum atomic E-state index is -3.14. The molecule has 4 heteroatoms. The minimum Gasteiger partial charge on any atom is -0.309 e. The lowest BCUT2D eigenvalue weighted by atomic mass is 10.1. The molecule has 0 aliphatic carbocycles. The number of hydrogen-bond donors (Lipinski definition) is 0. The molecule has 0 bridgehead atoms. The van der Waals surface area contributed by atoms with E-state index in [0.717, 1.165) is 43.0 Å². The summed E-state index contributed by atoms with van der Waals surface area (Å²) in [5.74, 6) is 0. The molecule has 2 heterocycles. The average Bonchev–Trinajstić information content (AvgIpc) is 3.26. The van der Waals surface area contributed by atoms with Crippen LogP contribution in [0, 0.1) is 0 Å². The zero-order valence-corrected chi connectivity index (χ0v) is 17.9. The van der Waals surface area contributed by atoms with E-state index in [9.17, 15) is 9.13 Å². The first-order valence-corrected chi connectivity index (χ1v) is 13.3. The van der Waals surface area contributed by atoms with Crippen molar-refractivity contribution in [2.75, 3.05) is 0 Å². The van der Waals surface area contributed by atoms with Crippen LogP contribution in [-0.2, 0) is 9.13 Å². The fraction of sp³-hybridized carbons (Fsp3) is 0. The van der Waals surface area contributed by atoms with E-state index in [-0.39, 0.29) is 0 Å². The van der Waals surface area contributed by atoms with Crippen molar-refractivity contribution in [2.45, 2.75) is 0 Å². The fourth-order valence-electron chi connectivity index (χ4n) is 4.84. The van der Waals surface area contributed by atoms with E-state index >= 15 is 0 Å². The third-order valence-corrected chi connectivity index (χ3v) is 12.6. The Morgan fingerprint density at radius 1 is 0.400 bits per heavy atom. The van der Waals surface area contributed by atoms with Crippen molar-refractivity contribution in [3.63, 3.8) is 0 Å². The molecule has 0 amide bonds. The van der Waals surface area contributed by atoms with Crippen LogP contribution < -0.4 is 21.2 Å². The zero-order chi connectivity index (χ0) is 20.3. The van der Waals surface area contributed by atoms with Crippen LogP contribution in [0.5, 0.6) is 0 Å². The summed E-state index contributed by atoms with van der Waals surface area (Å²) < 4.78 is 29.9. The zero-order valence-electron chi connectivity index (χ0n) is 16.1. The van der Waals surface area contributed by atoms with Gasteiger partial charge in [0.15, 0.2) is 14.3 Å². The molecule has 0 spiro atoms. The van der Waals surface area contributed by atoms with Gasteiger partial charge in [0.05, 0.1) is 0 Å². The summed E-state index contributed by atoms with van der Waals surface area (Å²) >= 11 is 0. The predicted octanol–water partition coefficient (Wildman–Crippen LogP) is 5.17. The van der Waals surface area contributed by atoms with Gasteiger partial charge in [-0.2, -0.15) is 0 Å². The van der Waals surface area contributed by atoms with Gasteiger partial charge in [-0.15, -0.1) is 0 Å². The summed E-state index contributed by atoms with van der Waals surface area (Å²) in [6, 6.07) is 34.9. The molecule has 4 aromatic carbocycles. The van der Waals surface area contributed by atoms with Crippen LogP contribution in [0.4, 0.5) is 0 Å². The second-order valence-electron chi connectivity index (χ2n) is 7.62. The van der Waals surface area contributed by atoms with Gasteiger partial charge in [0.25, 0.3) is 0 Å². The summed E-state index contributed by atoms with van der Waals surface area (Å²) in [6.07, 6.45) is 0. The Morgan fingerprint density at radius 2 is 0.733 bits per heavy atom. The second kappa shape index (κ2) is 6.29. The first kappa shape index (κ1) is 17.9. The lowest BCUT2D eigenvalue weighted by Gasteiger charge is -2.21. The smallest absolute Gasteiger partial charge is 0.173 e. The predicted molar refractivity (Wildman–Crippen MR) is 126 cm³/mol. The average molecular weight is 424 g/mol. The maximum Gasteiger partial charge on any atom is 0.173 e. The molecule has 144 valence electrons. The third-order valence-electron chi connectivity index (χ3n) is 6.09. The van der Waals surface area contributed by atoms with Crippen molar-refractivity contribution in [3.8, 4) is 0 Å². The molecule has 2 aliphatic rings. The van der Waals surface area contributed by atoms with Crippen LogP contribution in [0.25, 0.3) is 10.6 Å². The first-order valence-electron chi connectivity index (χ1n) is 9.93. The standard InChI is InChI=1S/C26H18O2P2/c27-29(19-11-3-1-4-12-19)23-17-9-7-15-21(23)26-25(29)22-16-8-10-18-24(22)30(26,28)20-13-5-2-6-14-20/h1-18H/t29-,30-/m1/s1. The number of fused-ring (bicyclic) bond motifs is 4. The quantitative estimate of drug-likeness (QED) is 0.416. The van der Waals surface area contributed by atoms with Gasteiger partial charge in [-0.05, 0) is 11.1 Å². The van der Waals surface area contributed by atoms with Gasteiger partial charge < -0.3 is 9.13 Å². The first-order chi connectivity index (χ1) is 14.7. The topological polar surface area (TPSA) is 34.1 Å². The molecule has 0 saturated carbocycles. The summed E-state index contributed by atoms with van der Waals surface area (Å²) in [6.45, 7) is 0. The van der Waals surface area contributed by atoms with E-state index in [2.05, 4.69) is 0 Å². The van der Waals surface area contributed by atoms with Crippen LogP contribution in [0.1, 0.15) is 11.1 Å². The molecule has 2 aliphatic heterocycles. The number of rotatable bonds is 2. The van der Waals surface area contributed by atoms with Crippen LogP contribution in [0.15, 0.2) is 109 Å². The highest BCUT2D eigenvalue weighted by Gasteiger charge is 2.54. The van der Waals surface area contributed by atoms with Crippen molar-refractivity contribution >= 4 is 46.1 Å². The van der Waals surface area contributed by atoms with Gasteiger partial charge in [-0.25, -0.2) is 0 Å². The Labute approximate surface area is 175 Å². The number of benzene rings is 4. The molecule has 0 radical (unpaired) electrons. The molecule has 0 unspecified atom stereocenters. The summed E-state index contributed by atoms with van der Waals surface area (Å²) in [4.78, 5) is 0. The maximum absolute atomic E-state index is 15.0. The molecular weight excluding hydrogens is 406 g/mol. The molecule has 0 N–H and O–H groups in total. The molecule has 2 nitrogen and oxygen atoms in total. The highest BCUT2D eigenvalue weighted by Crippen LogP contribution is 2.76. The summed E-state index contributed by atoms with van der Waals surface area (Å²) in [5.41, 5.74) is 1.73. The largest absolute Gasteiger partial charge is 0.309 e. The van der Waals surface area contributed by atoms with Crippen LogP contribution in [-0.4, -0.2) is 0 Å². The molecule has 0 fully saturated rings. The second-order valence-corrected chi connectivity index (χ2v) is 12.9. The van der Waals surface area contributed by atoms with E-state index in [1.165, 1.54) is 0 Å². The normalized spacial score (nSPS) is 23.7. The summed E-state index contributed by atoms with van der Waals surface area (Å²) in [7, 11) is -6.28. The van der Waals surface area contributed by atoms with Crippen molar-refractivity contribution in [3.05, 3.63) is 120 Å². The van der Waals surface area contributed by atoms with Crippen molar-refractivity contribution in [1.82, 2.24) is 0 Å². The van der Waals surface area contributed by atoms with Crippen molar-refractivity contribution < 1.29 is 9.13 Å². The Balaban J connectivity index is 1.80. The van der Waals surface area contributed by atoms with E-state index in [1.807, 2.05) is 109 Å². The van der Waals surface area contributed by atoms with Crippen molar-refractivity contribution in [2.24, 2.45) is 0 Å². The fourth-order valence-corrected chi connectivity index (χ4v) is 12.2. The SMILES string of the molecule is O=[P@@]1(c2ccccc2)C2=C(c3ccccc31)[P@@](=O)(c1ccccc1)c1ccccc12. The van der Waals surface area contributed by atoms with Crippen LogP contribution in [0.2, 0.25) is 0 Å². The van der Waals surface area contributed by atoms with Gasteiger partial charge >= 0.3 is 0 Å². The Bertz CT molecular complexity index is 1330. The highest BCUT2D eigenvalue weighted by molar-refractivity contribution is 7.96. The van der Waals surface area contributed by atoms with E-state index in [1.54, 1.807) is 0 Å². The van der Waals surface area contributed by atoms with Crippen LogP contribution in [0.3, 0.4) is 0 Å². The molecular formula is C26H18O2P2. The van der Waals surface area contributed by atoms with Crippen LogP contribution >= 0.6 is 14.3 Å². The van der Waals surface area contributed by atoms with E-state index < -0.39 is 14.3 Å². The van der Waals surface area contributed by atoms with Crippen molar-refractivity contribution in [1.29, 1.82) is 0 Å². The third kappa shape index (κ3) is 2.11. The van der Waals surface area contributed by atoms with Gasteiger partial charge in [-0.3, -0.25) is 0 Å². The molecule has 4 aromatic rings. The molecule has 0 aromatic heterocycles. The highest BCUT2D eigenvalue weighted by atomic mass is 31.2. The Hall–Kier alpha value is -2.92.